The number of halogens is 1. The second-order valence-corrected chi connectivity index (χ2v) is 6.30. The quantitative estimate of drug-likeness (QED) is 0.875. The maximum absolute atomic E-state index is 3.80. The van der Waals surface area contributed by atoms with E-state index in [2.05, 4.69) is 56.4 Å². The molecule has 0 aromatic heterocycles. The number of benzene rings is 1. The summed E-state index contributed by atoms with van der Waals surface area (Å²) in [5.74, 6) is 2.53. The van der Waals surface area contributed by atoms with E-state index in [-0.39, 0.29) is 12.4 Å². The molecule has 1 nitrogen and oxygen atoms in total. The van der Waals surface area contributed by atoms with Crippen molar-refractivity contribution < 1.29 is 12.4 Å². The van der Waals surface area contributed by atoms with Crippen LogP contribution in [0.2, 0.25) is 0 Å². The van der Waals surface area contributed by atoms with Gasteiger partial charge in [-0.25, -0.2) is 0 Å². The Morgan fingerprint density at radius 2 is 1.84 bits per heavy atom. The van der Waals surface area contributed by atoms with E-state index in [4.69, 9.17) is 0 Å². The molecule has 1 aromatic rings. The third kappa shape index (κ3) is 4.81. The largest absolute Gasteiger partial charge is 1.00 e. The molecule has 108 valence electrons. The smallest absolute Gasteiger partial charge is 0.0208 e. The molecule has 2 heteroatoms. The number of hydrogen-bond acceptors (Lipinski definition) is 1. The molecule has 0 radical (unpaired) electrons. The molecule has 1 saturated carbocycles. The van der Waals surface area contributed by atoms with E-state index in [0.717, 1.165) is 24.3 Å². The van der Waals surface area contributed by atoms with Crippen molar-refractivity contribution in [3.8, 4) is 0 Å². The van der Waals surface area contributed by atoms with Gasteiger partial charge in [-0.2, -0.15) is 0 Å². The van der Waals surface area contributed by atoms with Crippen molar-refractivity contribution in [3.05, 3.63) is 35.9 Å². The standard InChI is InChI=1S/C17H27N.ClH/c1-13(2)16-10-9-14(3)11-17(16)18-12-15-7-5-4-6-8-15;/h4-8,13-14,16-18H,9-12H2,1-3H3;1H/p-1. The Hall–Kier alpha value is -0.530. The van der Waals surface area contributed by atoms with Crippen LogP contribution in [0, 0.1) is 17.8 Å². The lowest BCUT2D eigenvalue weighted by atomic mass is 9.74. The predicted molar refractivity (Wildman–Crippen MR) is 78.4 cm³/mol. The lowest BCUT2D eigenvalue weighted by molar-refractivity contribution is -0.00000430. The van der Waals surface area contributed by atoms with E-state index in [1.807, 2.05) is 0 Å². The van der Waals surface area contributed by atoms with Crippen molar-refractivity contribution in [1.29, 1.82) is 0 Å². The zero-order valence-electron chi connectivity index (χ0n) is 12.4. The maximum atomic E-state index is 3.80. The molecule has 0 bridgehead atoms. The van der Waals surface area contributed by atoms with Gasteiger partial charge in [-0.15, -0.1) is 0 Å². The third-order valence-electron chi connectivity index (χ3n) is 4.43. The van der Waals surface area contributed by atoms with Gasteiger partial charge in [-0.05, 0) is 36.2 Å². The summed E-state index contributed by atoms with van der Waals surface area (Å²) in [5.41, 5.74) is 1.40. The zero-order chi connectivity index (χ0) is 13.0. The highest BCUT2D eigenvalue weighted by Crippen LogP contribution is 2.33. The maximum Gasteiger partial charge on any atom is 0.0208 e. The molecule has 1 aromatic carbocycles. The summed E-state index contributed by atoms with van der Waals surface area (Å²) in [6, 6.07) is 11.5. The molecule has 1 aliphatic rings. The van der Waals surface area contributed by atoms with Crippen LogP contribution in [0.1, 0.15) is 45.6 Å². The van der Waals surface area contributed by atoms with Gasteiger partial charge in [0, 0.05) is 12.6 Å². The van der Waals surface area contributed by atoms with Crippen molar-refractivity contribution in [2.45, 2.75) is 52.6 Å². The van der Waals surface area contributed by atoms with Gasteiger partial charge in [0.2, 0.25) is 0 Å². The SMILES string of the molecule is CC1CCC(C(C)C)C(NCc2ccccc2)C1.[Cl-]. The van der Waals surface area contributed by atoms with E-state index < -0.39 is 0 Å². The van der Waals surface area contributed by atoms with Crippen LogP contribution in [-0.2, 0) is 6.54 Å². The summed E-state index contributed by atoms with van der Waals surface area (Å²) in [5, 5.41) is 3.80. The van der Waals surface area contributed by atoms with Gasteiger partial charge in [0.15, 0.2) is 0 Å². The van der Waals surface area contributed by atoms with Crippen LogP contribution in [0.15, 0.2) is 30.3 Å². The molecule has 0 saturated heterocycles. The molecule has 0 aliphatic heterocycles. The van der Waals surface area contributed by atoms with E-state index in [1.54, 1.807) is 0 Å². The predicted octanol–water partition coefficient (Wildman–Crippen LogP) is 1.24. The monoisotopic (exact) mass is 280 g/mol. The Balaban J connectivity index is 0.00000180. The van der Waals surface area contributed by atoms with Crippen LogP contribution in [0.4, 0.5) is 0 Å². The highest BCUT2D eigenvalue weighted by molar-refractivity contribution is 5.14. The summed E-state index contributed by atoms with van der Waals surface area (Å²) < 4.78 is 0. The highest BCUT2D eigenvalue weighted by Gasteiger charge is 2.29. The first kappa shape index (κ1) is 16.5. The first-order valence-electron chi connectivity index (χ1n) is 7.44. The van der Waals surface area contributed by atoms with Gasteiger partial charge in [-0.3, -0.25) is 0 Å². The fraction of sp³-hybridized carbons (Fsp3) is 0.647. The molecule has 0 amide bonds. The molecule has 19 heavy (non-hydrogen) atoms. The van der Waals surface area contributed by atoms with Gasteiger partial charge in [-0.1, -0.05) is 57.5 Å². The third-order valence-corrected chi connectivity index (χ3v) is 4.43. The van der Waals surface area contributed by atoms with E-state index >= 15 is 0 Å². The first-order chi connectivity index (χ1) is 8.66. The second kappa shape index (κ2) is 7.91. The molecule has 0 heterocycles. The number of rotatable bonds is 4. The average molecular weight is 281 g/mol. The van der Waals surface area contributed by atoms with E-state index in [1.165, 1.54) is 24.8 Å². The zero-order valence-corrected chi connectivity index (χ0v) is 13.2. The molecule has 1 aliphatic carbocycles. The van der Waals surface area contributed by atoms with Crippen molar-refractivity contribution >= 4 is 0 Å². The number of hydrogen-bond donors (Lipinski definition) is 1. The van der Waals surface area contributed by atoms with Crippen molar-refractivity contribution in [1.82, 2.24) is 5.32 Å². The average Bonchev–Trinajstić information content (AvgIpc) is 2.37. The Morgan fingerprint density at radius 1 is 1.16 bits per heavy atom. The van der Waals surface area contributed by atoms with Crippen LogP contribution < -0.4 is 17.7 Å². The fourth-order valence-electron chi connectivity index (χ4n) is 3.28. The molecule has 2 rings (SSSR count). The summed E-state index contributed by atoms with van der Waals surface area (Å²) in [6.45, 7) is 8.16. The minimum absolute atomic E-state index is 0. The van der Waals surface area contributed by atoms with Crippen molar-refractivity contribution in [2.24, 2.45) is 17.8 Å². The van der Waals surface area contributed by atoms with Gasteiger partial charge in [0.1, 0.15) is 0 Å². The molecule has 0 spiro atoms. The van der Waals surface area contributed by atoms with Crippen LogP contribution >= 0.6 is 0 Å². The van der Waals surface area contributed by atoms with Crippen LogP contribution in [0.3, 0.4) is 0 Å². The second-order valence-electron chi connectivity index (χ2n) is 6.30. The molecule has 3 atom stereocenters. The minimum atomic E-state index is 0. The van der Waals surface area contributed by atoms with Crippen molar-refractivity contribution in [3.63, 3.8) is 0 Å². The Labute approximate surface area is 124 Å². The minimum Gasteiger partial charge on any atom is -1.00 e. The van der Waals surface area contributed by atoms with E-state index in [0.29, 0.717) is 6.04 Å². The highest BCUT2D eigenvalue weighted by atomic mass is 35.5. The van der Waals surface area contributed by atoms with Crippen LogP contribution in [0.25, 0.3) is 0 Å². The summed E-state index contributed by atoms with van der Waals surface area (Å²) in [6.07, 6.45) is 4.15. The molecule has 1 N–H and O–H groups in total. The molecule has 3 unspecified atom stereocenters. The molecular formula is C17H27ClN-. The van der Waals surface area contributed by atoms with Crippen LogP contribution in [0.5, 0.6) is 0 Å². The Kier molecular flexibility index (Phi) is 6.88. The topological polar surface area (TPSA) is 12.0 Å². The summed E-state index contributed by atoms with van der Waals surface area (Å²) >= 11 is 0. The van der Waals surface area contributed by atoms with Crippen LogP contribution in [-0.4, -0.2) is 6.04 Å². The van der Waals surface area contributed by atoms with E-state index in [9.17, 15) is 0 Å². The summed E-state index contributed by atoms with van der Waals surface area (Å²) in [7, 11) is 0. The lowest BCUT2D eigenvalue weighted by Gasteiger charge is -2.38. The van der Waals surface area contributed by atoms with Crippen molar-refractivity contribution in [2.75, 3.05) is 0 Å². The summed E-state index contributed by atoms with van der Waals surface area (Å²) in [4.78, 5) is 0. The first-order valence-corrected chi connectivity index (χ1v) is 7.44. The van der Waals surface area contributed by atoms with Gasteiger partial charge < -0.3 is 17.7 Å². The molecule has 1 fully saturated rings. The van der Waals surface area contributed by atoms with Gasteiger partial charge in [0.05, 0.1) is 0 Å². The normalized spacial score (nSPS) is 27.1. The number of nitrogens with one attached hydrogen (secondary N) is 1. The van der Waals surface area contributed by atoms with Gasteiger partial charge >= 0.3 is 0 Å². The fourth-order valence-corrected chi connectivity index (χ4v) is 3.28. The lowest BCUT2D eigenvalue weighted by Crippen LogP contribution is -3.00. The molecular weight excluding hydrogens is 254 g/mol. The Bertz CT molecular complexity index is 350. The van der Waals surface area contributed by atoms with Gasteiger partial charge in [0.25, 0.3) is 0 Å². The Morgan fingerprint density at radius 3 is 2.47 bits per heavy atom.